The van der Waals surface area contributed by atoms with E-state index in [1.165, 1.54) is 6.42 Å². The first-order chi connectivity index (χ1) is 16.1. The summed E-state index contributed by atoms with van der Waals surface area (Å²) in [6.07, 6.45) is 5.25. The lowest BCUT2D eigenvalue weighted by molar-refractivity contribution is 0.0747. The van der Waals surface area contributed by atoms with Crippen LogP contribution in [0.2, 0.25) is 0 Å². The van der Waals surface area contributed by atoms with E-state index >= 15 is 0 Å². The van der Waals surface area contributed by atoms with Crippen molar-refractivity contribution in [2.24, 2.45) is 21.5 Å². The highest BCUT2D eigenvalue weighted by Gasteiger charge is 2.42. The number of nitrogens with zero attached hydrogens (tertiary/aromatic N) is 5. The molecule has 1 amide bonds. The second-order valence-corrected chi connectivity index (χ2v) is 8.98. The van der Waals surface area contributed by atoms with Gasteiger partial charge in [0.15, 0.2) is 0 Å². The number of hydrogen-bond donors (Lipinski definition) is 2. The Morgan fingerprint density at radius 3 is 2.12 bits per heavy atom. The number of anilines is 2. The molecular weight excluding hydrogens is 414 g/mol. The number of carbonyl (C=O) groups is 1. The minimum absolute atomic E-state index is 0.100. The molecule has 172 valence electrons. The van der Waals surface area contributed by atoms with Crippen LogP contribution < -0.4 is 21.3 Å². The van der Waals surface area contributed by atoms with Gasteiger partial charge in [-0.15, -0.1) is 0 Å². The number of rotatable bonds is 3. The minimum atomic E-state index is -0.431. The summed E-state index contributed by atoms with van der Waals surface area (Å²) in [6, 6.07) is 17.9. The van der Waals surface area contributed by atoms with Crippen LogP contribution in [0, 0.1) is 0 Å². The van der Waals surface area contributed by atoms with Gasteiger partial charge in [0, 0.05) is 43.1 Å². The van der Waals surface area contributed by atoms with Gasteiger partial charge in [-0.2, -0.15) is 4.99 Å². The number of hydrogen-bond acceptors (Lipinski definition) is 7. The zero-order chi connectivity index (χ0) is 22.8. The highest BCUT2D eigenvalue weighted by Crippen LogP contribution is 2.39. The Hall–Kier alpha value is -3.55. The topological polar surface area (TPSA) is 104 Å². The van der Waals surface area contributed by atoms with Gasteiger partial charge in [0.1, 0.15) is 5.66 Å². The third-order valence-electron chi connectivity index (χ3n) is 6.91. The summed E-state index contributed by atoms with van der Waals surface area (Å²) in [6.45, 7) is 3.02. The predicted molar refractivity (Wildman–Crippen MR) is 133 cm³/mol. The van der Waals surface area contributed by atoms with E-state index in [9.17, 15) is 4.79 Å². The second-order valence-electron chi connectivity index (χ2n) is 8.98. The summed E-state index contributed by atoms with van der Waals surface area (Å²) in [5, 5.41) is 0. The summed E-state index contributed by atoms with van der Waals surface area (Å²) in [4.78, 5) is 28.0. The highest BCUT2D eigenvalue weighted by molar-refractivity contribution is 6.05. The Morgan fingerprint density at radius 2 is 1.45 bits per heavy atom. The summed E-state index contributed by atoms with van der Waals surface area (Å²) in [5.74, 6) is 0.776. The standard InChI is InChI=1S/C25H31N7O/c26-23-28-24(27)32(25(29-23)13-5-2-6-14-25)21-11-9-20(10-12-21)30-15-17-31(18-16-30)22(33)19-7-3-1-4-8-19/h1,3-4,7-12H,2,5-6,13-18H2,(H4,26,27,28,29). The molecule has 0 aromatic heterocycles. The van der Waals surface area contributed by atoms with E-state index in [0.717, 1.165) is 55.7 Å². The smallest absolute Gasteiger partial charge is 0.253 e. The third-order valence-corrected chi connectivity index (χ3v) is 6.91. The van der Waals surface area contributed by atoms with Crippen LogP contribution in [0.3, 0.4) is 0 Å². The van der Waals surface area contributed by atoms with Crippen LogP contribution in [0.15, 0.2) is 64.6 Å². The van der Waals surface area contributed by atoms with E-state index in [1.807, 2.05) is 35.2 Å². The van der Waals surface area contributed by atoms with Crippen LogP contribution >= 0.6 is 0 Å². The van der Waals surface area contributed by atoms with E-state index in [4.69, 9.17) is 16.5 Å². The Balaban J connectivity index is 1.28. The number of amides is 1. The molecular formula is C25H31N7O. The van der Waals surface area contributed by atoms with Crippen LogP contribution in [-0.2, 0) is 0 Å². The van der Waals surface area contributed by atoms with Gasteiger partial charge in [-0.3, -0.25) is 9.69 Å². The normalized spacial score (nSPS) is 20.4. The average molecular weight is 446 g/mol. The maximum atomic E-state index is 12.7. The van der Waals surface area contributed by atoms with Crippen LogP contribution in [0.25, 0.3) is 0 Å². The summed E-state index contributed by atoms with van der Waals surface area (Å²) >= 11 is 0. The highest BCUT2D eigenvalue weighted by atomic mass is 16.2. The van der Waals surface area contributed by atoms with Crippen molar-refractivity contribution in [1.29, 1.82) is 0 Å². The zero-order valence-corrected chi connectivity index (χ0v) is 18.9. The quantitative estimate of drug-likeness (QED) is 0.756. The molecule has 0 atom stereocenters. The Labute approximate surface area is 194 Å². The first kappa shape index (κ1) is 21.3. The molecule has 0 bridgehead atoms. The maximum Gasteiger partial charge on any atom is 0.253 e. The van der Waals surface area contributed by atoms with Crippen LogP contribution in [-0.4, -0.2) is 54.6 Å². The largest absolute Gasteiger partial charge is 0.369 e. The molecule has 8 heteroatoms. The van der Waals surface area contributed by atoms with Crippen molar-refractivity contribution in [3.8, 4) is 0 Å². The summed E-state index contributed by atoms with van der Waals surface area (Å²) < 4.78 is 0. The molecule has 2 aliphatic heterocycles. The van der Waals surface area contributed by atoms with E-state index in [1.54, 1.807) is 0 Å². The van der Waals surface area contributed by atoms with Crippen molar-refractivity contribution in [2.45, 2.75) is 37.8 Å². The van der Waals surface area contributed by atoms with Gasteiger partial charge in [0.25, 0.3) is 5.91 Å². The molecule has 5 rings (SSSR count). The van der Waals surface area contributed by atoms with Gasteiger partial charge in [0.2, 0.25) is 11.9 Å². The summed E-state index contributed by atoms with van der Waals surface area (Å²) in [5.41, 5.74) is 14.8. The van der Waals surface area contributed by atoms with Gasteiger partial charge >= 0.3 is 0 Å². The van der Waals surface area contributed by atoms with Gasteiger partial charge < -0.3 is 21.3 Å². The van der Waals surface area contributed by atoms with E-state index < -0.39 is 5.66 Å². The predicted octanol–water partition coefficient (Wildman–Crippen LogP) is 2.76. The molecule has 4 N–H and O–H groups in total. The van der Waals surface area contributed by atoms with Crippen molar-refractivity contribution in [1.82, 2.24) is 4.90 Å². The van der Waals surface area contributed by atoms with E-state index in [-0.39, 0.29) is 11.9 Å². The molecule has 1 saturated heterocycles. The first-order valence-corrected chi connectivity index (χ1v) is 11.7. The second kappa shape index (κ2) is 8.77. The SMILES string of the molecule is NC1=NC2(CCCCC2)N(c2ccc(N3CCN(C(=O)c4ccccc4)CC3)cc2)C(N)=N1. The number of aliphatic imine (C=N–C) groups is 2. The Kier molecular flexibility index (Phi) is 5.66. The lowest BCUT2D eigenvalue weighted by Gasteiger charge is -2.45. The van der Waals surface area contributed by atoms with Crippen molar-refractivity contribution in [3.63, 3.8) is 0 Å². The lowest BCUT2D eigenvalue weighted by Crippen LogP contribution is -2.58. The average Bonchev–Trinajstić information content (AvgIpc) is 2.85. The van der Waals surface area contributed by atoms with E-state index in [2.05, 4.69) is 39.1 Å². The third kappa shape index (κ3) is 4.13. The molecule has 3 aliphatic rings. The molecule has 8 nitrogen and oxygen atoms in total. The van der Waals surface area contributed by atoms with Crippen LogP contribution in [0.1, 0.15) is 42.5 Å². The summed E-state index contributed by atoms with van der Waals surface area (Å²) in [7, 11) is 0. The lowest BCUT2D eigenvalue weighted by atomic mass is 9.87. The van der Waals surface area contributed by atoms with Gasteiger partial charge in [-0.25, -0.2) is 4.99 Å². The molecule has 1 spiro atoms. The van der Waals surface area contributed by atoms with E-state index in [0.29, 0.717) is 19.0 Å². The molecule has 1 aliphatic carbocycles. The van der Waals surface area contributed by atoms with Crippen LogP contribution in [0.5, 0.6) is 0 Å². The Morgan fingerprint density at radius 1 is 0.818 bits per heavy atom. The van der Waals surface area contributed by atoms with Gasteiger partial charge in [-0.1, -0.05) is 24.6 Å². The van der Waals surface area contributed by atoms with Crippen molar-refractivity contribution < 1.29 is 4.79 Å². The molecule has 2 aromatic carbocycles. The number of benzene rings is 2. The van der Waals surface area contributed by atoms with Crippen LogP contribution in [0.4, 0.5) is 11.4 Å². The molecule has 2 aromatic rings. The number of piperazine rings is 1. The fraction of sp³-hybridized carbons (Fsp3) is 0.400. The van der Waals surface area contributed by atoms with Crippen molar-refractivity contribution >= 4 is 29.2 Å². The molecule has 1 saturated carbocycles. The fourth-order valence-electron chi connectivity index (χ4n) is 5.24. The fourth-order valence-corrected chi connectivity index (χ4v) is 5.24. The molecule has 2 fully saturated rings. The first-order valence-electron chi connectivity index (χ1n) is 11.7. The molecule has 33 heavy (non-hydrogen) atoms. The molecule has 0 radical (unpaired) electrons. The Bertz CT molecular complexity index is 1050. The molecule has 2 heterocycles. The zero-order valence-electron chi connectivity index (χ0n) is 18.9. The minimum Gasteiger partial charge on any atom is -0.369 e. The van der Waals surface area contributed by atoms with Crippen molar-refractivity contribution in [3.05, 3.63) is 60.2 Å². The van der Waals surface area contributed by atoms with Gasteiger partial charge in [0.05, 0.1) is 0 Å². The monoisotopic (exact) mass is 445 g/mol. The van der Waals surface area contributed by atoms with Crippen molar-refractivity contribution in [2.75, 3.05) is 36.0 Å². The molecule has 0 unspecified atom stereocenters. The van der Waals surface area contributed by atoms with Gasteiger partial charge in [-0.05, 0) is 62.1 Å². The number of guanidine groups is 2. The number of carbonyl (C=O) groups excluding carboxylic acids is 1. The maximum absolute atomic E-state index is 12.7. The number of nitrogens with two attached hydrogens (primary N) is 2.